The van der Waals surface area contributed by atoms with E-state index in [2.05, 4.69) is 32.9 Å². The first kappa shape index (κ1) is 20.5. The number of guanidine groups is 1. The second-order valence-corrected chi connectivity index (χ2v) is 5.65. The Bertz CT molecular complexity index is 676. The van der Waals surface area contributed by atoms with Crippen molar-refractivity contribution in [3.63, 3.8) is 0 Å². The highest BCUT2D eigenvalue weighted by atomic mass is 127. The molecule has 0 aliphatic rings. The molecule has 0 aliphatic carbocycles. The lowest BCUT2D eigenvalue weighted by molar-refractivity contribution is 0.355. The predicted octanol–water partition coefficient (Wildman–Crippen LogP) is 3.53. The number of aryl methyl sites for hydroxylation is 1. The number of hydrogen-bond acceptors (Lipinski definition) is 5. The Hall–Kier alpha value is -1.55. The monoisotopic (exact) mass is 462 g/mol. The maximum atomic E-state index is 5.30. The first-order valence-electron chi connectivity index (χ1n) is 7.33. The number of ether oxygens (including phenoxy) is 2. The molecule has 2 aromatic rings. The number of rotatable bonds is 6. The fourth-order valence-electron chi connectivity index (χ4n) is 2.00. The van der Waals surface area contributed by atoms with Gasteiger partial charge in [-0.05, 0) is 18.6 Å². The topological polar surface area (TPSA) is 67.8 Å². The van der Waals surface area contributed by atoms with E-state index in [1.54, 1.807) is 32.6 Å². The molecule has 132 valence electrons. The Labute approximate surface area is 163 Å². The minimum atomic E-state index is 0. The number of nitrogens with one attached hydrogen (secondary N) is 2. The summed E-state index contributed by atoms with van der Waals surface area (Å²) in [5.74, 6) is 2.03. The Morgan fingerprint density at radius 1 is 1.25 bits per heavy atom. The quantitative estimate of drug-likeness (QED) is 0.391. The number of nitrogens with zero attached hydrogens (tertiary/aromatic N) is 2. The van der Waals surface area contributed by atoms with Gasteiger partial charge in [-0.3, -0.25) is 4.99 Å². The van der Waals surface area contributed by atoms with Crippen molar-refractivity contribution in [3.8, 4) is 11.5 Å². The fourth-order valence-corrected chi connectivity index (χ4v) is 2.74. The zero-order valence-electron chi connectivity index (χ0n) is 14.3. The number of methoxy groups -OCH3 is 2. The van der Waals surface area contributed by atoms with E-state index >= 15 is 0 Å². The van der Waals surface area contributed by atoms with Crippen LogP contribution in [-0.2, 0) is 13.0 Å². The van der Waals surface area contributed by atoms with E-state index in [1.165, 1.54) is 0 Å². The van der Waals surface area contributed by atoms with Crippen LogP contribution < -0.4 is 20.1 Å². The molecule has 0 saturated heterocycles. The number of halogens is 1. The summed E-state index contributed by atoms with van der Waals surface area (Å²) in [6, 6.07) is 5.62. The van der Waals surface area contributed by atoms with Crippen LogP contribution in [0.5, 0.6) is 11.5 Å². The lowest BCUT2D eigenvalue weighted by Gasteiger charge is -2.13. The van der Waals surface area contributed by atoms with Crippen molar-refractivity contribution in [2.75, 3.05) is 26.6 Å². The van der Waals surface area contributed by atoms with E-state index < -0.39 is 0 Å². The van der Waals surface area contributed by atoms with Crippen molar-refractivity contribution in [2.24, 2.45) is 4.99 Å². The van der Waals surface area contributed by atoms with Gasteiger partial charge in [0.15, 0.2) is 17.5 Å². The third-order valence-corrected chi connectivity index (χ3v) is 4.25. The molecule has 0 amide bonds. The predicted molar refractivity (Wildman–Crippen MR) is 110 cm³/mol. The molecule has 0 aliphatic heterocycles. The minimum absolute atomic E-state index is 0. The second-order valence-electron chi connectivity index (χ2n) is 4.71. The van der Waals surface area contributed by atoms with Crippen LogP contribution in [0.3, 0.4) is 0 Å². The van der Waals surface area contributed by atoms with Crippen molar-refractivity contribution in [1.29, 1.82) is 0 Å². The number of aromatic nitrogens is 1. The zero-order valence-corrected chi connectivity index (χ0v) is 17.4. The molecular weight excluding hydrogens is 439 g/mol. The molecule has 0 radical (unpaired) electrons. The first-order chi connectivity index (χ1) is 11.2. The molecule has 0 saturated carbocycles. The highest BCUT2D eigenvalue weighted by molar-refractivity contribution is 14.0. The van der Waals surface area contributed by atoms with Gasteiger partial charge in [-0.15, -0.1) is 35.3 Å². The van der Waals surface area contributed by atoms with Gasteiger partial charge in [0.05, 0.1) is 31.5 Å². The van der Waals surface area contributed by atoms with E-state index in [9.17, 15) is 0 Å². The molecule has 8 heteroatoms. The van der Waals surface area contributed by atoms with Crippen molar-refractivity contribution in [3.05, 3.63) is 34.3 Å². The molecule has 1 heterocycles. The van der Waals surface area contributed by atoms with Gasteiger partial charge in [0.25, 0.3) is 0 Å². The molecule has 24 heavy (non-hydrogen) atoms. The van der Waals surface area contributed by atoms with Crippen LogP contribution in [0.2, 0.25) is 0 Å². The Kier molecular flexibility index (Phi) is 8.83. The van der Waals surface area contributed by atoms with Crippen molar-refractivity contribution < 1.29 is 9.47 Å². The number of hydrogen-bond donors (Lipinski definition) is 2. The van der Waals surface area contributed by atoms with E-state index in [0.29, 0.717) is 24.0 Å². The maximum Gasteiger partial charge on any atom is 0.195 e. The third-order valence-electron chi connectivity index (χ3n) is 3.21. The maximum absolute atomic E-state index is 5.30. The smallest absolute Gasteiger partial charge is 0.195 e. The molecule has 0 unspecified atom stereocenters. The molecule has 6 nitrogen and oxygen atoms in total. The molecule has 2 rings (SSSR count). The number of anilines is 1. The molecule has 0 fully saturated rings. The molecule has 0 atom stereocenters. The van der Waals surface area contributed by atoms with Crippen LogP contribution in [0.4, 0.5) is 5.69 Å². The minimum Gasteiger partial charge on any atom is -0.493 e. The van der Waals surface area contributed by atoms with Crippen LogP contribution in [0, 0.1) is 0 Å². The standard InChI is InChI=1S/C16H22N4O2S.HI/c1-5-15-19-12(10-23-15)9-18-16(17-2)20-11-6-7-13(21-3)14(8-11)22-4;/h6-8,10H,5,9H2,1-4H3,(H2,17,18,20);1H. The summed E-state index contributed by atoms with van der Waals surface area (Å²) in [5, 5.41) is 9.68. The summed E-state index contributed by atoms with van der Waals surface area (Å²) in [6.07, 6.45) is 0.962. The lowest BCUT2D eigenvalue weighted by Crippen LogP contribution is -2.30. The van der Waals surface area contributed by atoms with Crippen LogP contribution in [-0.4, -0.2) is 32.2 Å². The van der Waals surface area contributed by atoms with Gasteiger partial charge >= 0.3 is 0 Å². The molecule has 2 N–H and O–H groups in total. The highest BCUT2D eigenvalue weighted by Crippen LogP contribution is 2.29. The van der Waals surface area contributed by atoms with Crippen molar-refractivity contribution in [2.45, 2.75) is 19.9 Å². The Morgan fingerprint density at radius 2 is 2.00 bits per heavy atom. The Morgan fingerprint density at radius 3 is 2.58 bits per heavy atom. The summed E-state index contributed by atoms with van der Waals surface area (Å²) in [7, 11) is 4.96. The zero-order chi connectivity index (χ0) is 16.7. The van der Waals surface area contributed by atoms with E-state index in [-0.39, 0.29) is 24.0 Å². The average Bonchev–Trinajstić information content (AvgIpc) is 3.06. The van der Waals surface area contributed by atoms with Gasteiger partial charge in [-0.25, -0.2) is 4.98 Å². The van der Waals surface area contributed by atoms with E-state index in [0.717, 1.165) is 22.8 Å². The molecule has 0 bridgehead atoms. The SMILES string of the molecule is CCc1nc(CNC(=NC)Nc2ccc(OC)c(OC)c2)cs1.I. The molecular formula is C16H23IN4O2S. The third kappa shape index (κ3) is 5.52. The summed E-state index contributed by atoms with van der Waals surface area (Å²) in [4.78, 5) is 8.75. The highest BCUT2D eigenvalue weighted by Gasteiger charge is 2.07. The summed E-state index contributed by atoms with van der Waals surface area (Å²) in [5.41, 5.74) is 1.88. The second kappa shape index (κ2) is 10.3. The number of thiazole rings is 1. The van der Waals surface area contributed by atoms with Crippen molar-refractivity contribution >= 4 is 47.0 Å². The summed E-state index contributed by atoms with van der Waals surface area (Å²) in [6.45, 7) is 2.73. The summed E-state index contributed by atoms with van der Waals surface area (Å²) < 4.78 is 10.5. The molecule has 1 aromatic heterocycles. The van der Waals surface area contributed by atoms with E-state index in [1.807, 2.05) is 18.2 Å². The normalized spacial score (nSPS) is 10.8. The van der Waals surface area contributed by atoms with E-state index in [4.69, 9.17) is 9.47 Å². The van der Waals surface area contributed by atoms with Crippen LogP contribution in [0.1, 0.15) is 17.6 Å². The van der Waals surface area contributed by atoms with Crippen molar-refractivity contribution in [1.82, 2.24) is 10.3 Å². The lowest BCUT2D eigenvalue weighted by atomic mass is 10.3. The van der Waals surface area contributed by atoms with Gasteiger partial charge < -0.3 is 20.1 Å². The van der Waals surface area contributed by atoms with Gasteiger partial charge in [0, 0.05) is 24.2 Å². The fraction of sp³-hybridized carbons (Fsp3) is 0.375. The number of benzene rings is 1. The molecule has 1 aromatic carbocycles. The average molecular weight is 462 g/mol. The van der Waals surface area contributed by atoms with Crippen LogP contribution >= 0.6 is 35.3 Å². The van der Waals surface area contributed by atoms with Gasteiger partial charge in [-0.2, -0.15) is 0 Å². The van der Waals surface area contributed by atoms with Gasteiger partial charge in [0.2, 0.25) is 0 Å². The largest absolute Gasteiger partial charge is 0.493 e. The summed E-state index contributed by atoms with van der Waals surface area (Å²) >= 11 is 1.68. The van der Waals surface area contributed by atoms with Gasteiger partial charge in [0.1, 0.15) is 0 Å². The molecule has 0 spiro atoms. The van der Waals surface area contributed by atoms with Crippen LogP contribution in [0.15, 0.2) is 28.6 Å². The first-order valence-corrected chi connectivity index (χ1v) is 8.21. The van der Waals surface area contributed by atoms with Crippen LogP contribution in [0.25, 0.3) is 0 Å². The van der Waals surface area contributed by atoms with Gasteiger partial charge in [-0.1, -0.05) is 6.92 Å². The number of aliphatic imine (C=N–C) groups is 1. The Balaban J connectivity index is 0.00000288.